The minimum absolute atomic E-state index is 0.0898. The summed E-state index contributed by atoms with van der Waals surface area (Å²) in [5.74, 6) is 1.93. The Labute approximate surface area is 158 Å². The third kappa shape index (κ3) is 3.89. The Morgan fingerprint density at radius 3 is 2.85 bits per heavy atom. The third-order valence-corrected chi connectivity index (χ3v) is 4.84. The van der Waals surface area contributed by atoms with Crippen molar-refractivity contribution in [1.29, 1.82) is 0 Å². The average Bonchev–Trinajstić information content (AvgIpc) is 3.16. The van der Waals surface area contributed by atoms with Gasteiger partial charge >= 0.3 is 0 Å². The van der Waals surface area contributed by atoms with Crippen LogP contribution in [-0.4, -0.2) is 32.3 Å². The van der Waals surface area contributed by atoms with Crippen molar-refractivity contribution in [2.24, 2.45) is 0 Å². The number of hydrogen-bond acceptors (Lipinski definition) is 5. The van der Waals surface area contributed by atoms with E-state index in [0.29, 0.717) is 30.4 Å². The van der Waals surface area contributed by atoms with E-state index < -0.39 is 0 Å². The Kier molecular flexibility index (Phi) is 4.96. The summed E-state index contributed by atoms with van der Waals surface area (Å²) in [6, 6.07) is 11.7. The highest BCUT2D eigenvalue weighted by Gasteiger charge is 2.32. The van der Waals surface area contributed by atoms with Crippen LogP contribution >= 0.6 is 0 Å². The van der Waals surface area contributed by atoms with Gasteiger partial charge in [0, 0.05) is 19.2 Å². The molecule has 1 saturated heterocycles. The van der Waals surface area contributed by atoms with E-state index in [1.807, 2.05) is 23.1 Å². The molecule has 27 heavy (non-hydrogen) atoms. The first-order chi connectivity index (χ1) is 13.2. The number of carbonyl (C=O) groups excluding carboxylic acids is 1. The third-order valence-electron chi connectivity index (χ3n) is 4.84. The summed E-state index contributed by atoms with van der Waals surface area (Å²) in [5, 5.41) is 0. The van der Waals surface area contributed by atoms with E-state index in [1.165, 1.54) is 5.56 Å². The van der Waals surface area contributed by atoms with E-state index >= 15 is 0 Å². The first-order valence-corrected chi connectivity index (χ1v) is 9.30. The van der Waals surface area contributed by atoms with Gasteiger partial charge in [-0.25, -0.2) is 15.0 Å². The molecular formula is C21H22N4O2. The molecule has 0 radical (unpaired) electrons. The zero-order chi connectivity index (χ0) is 18.6. The SMILES string of the molecule is Cc1nccc(C(=O)N2CCCCC2c2ncc(Cc3ccccc3)o2)n1. The summed E-state index contributed by atoms with van der Waals surface area (Å²) in [6.45, 7) is 2.47. The van der Waals surface area contributed by atoms with Gasteiger partial charge in [0.2, 0.25) is 5.89 Å². The first-order valence-electron chi connectivity index (χ1n) is 9.30. The van der Waals surface area contributed by atoms with Gasteiger partial charge in [-0.05, 0) is 37.8 Å². The van der Waals surface area contributed by atoms with Crippen LogP contribution in [0, 0.1) is 6.92 Å². The summed E-state index contributed by atoms with van der Waals surface area (Å²) in [4.78, 5) is 27.7. The maximum absolute atomic E-state index is 13.0. The maximum Gasteiger partial charge on any atom is 0.273 e. The molecule has 0 bridgehead atoms. The molecule has 1 amide bonds. The van der Waals surface area contributed by atoms with Crippen LogP contribution in [0.3, 0.4) is 0 Å². The number of aromatic nitrogens is 3. The molecule has 6 heteroatoms. The van der Waals surface area contributed by atoms with Crippen LogP contribution in [-0.2, 0) is 6.42 Å². The molecule has 1 unspecified atom stereocenters. The quantitative estimate of drug-likeness (QED) is 0.707. The summed E-state index contributed by atoms with van der Waals surface area (Å²) >= 11 is 0. The second kappa shape index (κ2) is 7.70. The van der Waals surface area contributed by atoms with Crippen molar-refractivity contribution in [3.8, 4) is 0 Å². The Hall–Kier alpha value is -3.02. The molecule has 6 nitrogen and oxygen atoms in total. The highest BCUT2D eigenvalue weighted by Crippen LogP contribution is 2.32. The lowest BCUT2D eigenvalue weighted by Crippen LogP contribution is -2.39. The number of amides is 1. The summed E-state index contributed by atoms with van der Waals surface area (Å²) in [5.41, 5.74) is 1.60. The second-order valence-electron chi connectivity index (χ2n) is 6.83. The predicted octanol–water partition coefficient (Wildman–Crippen LogP) is 3.73. The number of carbonyl (C=O) groups is 1. The molecule has 0 spiro atoms. The molecule has 0 N–H and O–H groups in total. The lowest BCUT2D eigenvalue weighted by Gasteiger charge is -2.33. The molecule has 0 saturated carbocycles. The van der Waals surface area contributed by atoms with Crippen LogP contribution in [0.15, 0.2) is 53.2 Å². The first kappa shape index (κ1) is 17.4. The smallest absolute Gasteiger partial charge is 0.273 e. The van der Waals surface area contributed by atoms with E-state index in [4.69, 9.17) is 4.42 Å². The van der Waals surface area contributed by atoms with Crippen molar-refractivity contribution in [3.63, 3.8) is 0 Å². The molecule has 2 aromatic heterocycles. The number of likely N-dealkylation sites (tertiary alicyclic amines) is 1. The highest BCUT2D eigenvalue weighted by atomic mass is 16.4. The standard InChI is InChI=1S/C21H22N4O2/c1-15-22-11-10-18(24-15)21(26)25-12-6-5-9-19(25)20-23-14-17(27-20)13-16-7-3-2-4-8-16/h2-4,7-8,10-11,14,19H,5-6,9,12-13H2,1H3. The van der Waals surface area contributed by atoms with Crippen molar-refractivity contribution in [2.75, 3.05) is 6.54 Å². The van der Waals surface area contributed by atoms with E-state index in [0.717, 1.165) is 25.0 Å². The van der Waals surface area contributed by atoms with Crippen LogP contribution in [0.2, 0.25) is 0 Å². The largest absolute Gasteiger partial charge is 0.443 e. The van der Waals surface area contributed by atoms with Crippen molar-refractivity contribution in [2.45, 2.75) is 38.6 Å². The lowest BCUT2D eigenvalue weighted by molar-refractivity contribution is 0.0563. The number of piperidine rings is 1. The molecule has 1 fully saturated rings. The van der Waals surface area contributed by atoms with Gasteiger partial charge < -0.3 is 9.32 Å². The Bertz CT molecular complexity index is 923. The van der Waals surface area contributed by atoms with Gasteiger partial charge in [-0.15, -0.1) is 0 Å². The number of rotatable bonds is 4. The summed E-state index contributed by atoms with van der Waals surface area (Å²) in [7, 11) is 0. The zero-order valence-corrected chi connectivity index (χ0v) is 15.3. The molecule has 138 valence electrons. The van der Waals surface area contributed by atoms with E-state index in [9.17, 15) is 4.79 Å². The van der Waals surface area contributed by atoms with E-state index in [-0.39, 0.29) is 11.9 Å². The predicted molar refractivity (Wildman–Crippen MR) is 100 cm³/mol. The van der Waals surface area contributed by atoms with E-state index in [1.54, 1.807) is 25.4 Å². The van der Waals surface area contributed by atoms with Gasteiger partial charge in [-0.2, -0.15) is 0 Å². The summed E-state index contributed by atoms with van der Waals surface area (Å²) in [6.07, 6.45) is 6.96. The molecule has 4 rings (SSSR count). The Morgan fingerprint density at radius 1 is 1.19 bits per heavy atom. The van der Waals surface area contributed by atoms with Crippen LogP contribution in [0.1, 0.15) is 58.8 Å². The van der Waals surface area contributed by atoms with Crippen molar-refractivity contribution >= 4 is 5.91 Å². The van der Waals surface area contributed by atoms with Gasteiger partial charge in [0.25, 0.3) is 5.91 Å². The molecule has 3 aromatic rings. The van der Waals surface area contributed by atoms with Gasteiger partial charge in [0.15, 0.2) is 0 Å². The van der Waals surface area contributed by atoms with E-state index in [2.05, 4.69) is 27.1 Å². The molecule has 1 aliphatic heterocycles. The molecule has 1 atom stereocenters. The van der Waals surface area contributed by atoms with Gasteiger partial charge in [0.05, 0.1) is 6.20 Å². The Morgan fingerprint density at radius 2 is 2.04 bits per heavy atom. The van der Waals surface area contributed by atoms with Gasteiger partial charge in [0.1, 0.15) is 23.3 Å². The van der Waals surface area contributed by atoms with Crippen LogP contribution < -0.4 is 0 Å². The van der Waals surface area contributed by atoms with Gasteiger partial charge in [-0.3, -0.25) is 4.79 Å². The zero-order valence-electron chi connectivity index (χ0n) is 15.3. The average molecular weight is 362 g/mol. The van der Waals surface area contributed by atoms with Crippen molar-refractivity contribution < 1.29 is 9.21 Å². The molecular weight excluding hydrogens is 340 g/mol. The number of oxazole rings is 1. The number of nitrogens with zero attached hydrogens (tertiary/aromatic N) is 4. The minimum Gasteiger partial charge on any atom is -0.443 e. The van der Waals surface area contributed by atoms with Crippen LogP contribution in [0.4, 0.5) is 0 Å². The van der Waals surface area contributed by atoms with Crippen molar-refractivity contribution in [1.82, 2.24) is 19.9 Å². The monoisotopic (exact) mass is 362 g/mol. The lowest BCUT2D eigenvalue weighted by atomic mass is 10.0. The number of aryl methyl sites for hydroxylation is 1. The molecule has 1 aromatic carbocycles. The second-order valence-corrected chi connectivity index (χ2v) is 6.83. The normalized spacial score (nSPS) is 17.1. The van der Waals surface area contributed by atoms with Crippen LogP contribution in [0.25, 0.3) is 0 Å². The number of hydrogen-bond donors (Lipinski definition) is 0. The van der Waals surface area contributed by atoms with Crippen molar-refractivity contribution in [3.05, 3.63) is 77.5 Å². The maximum atomic E-state index is 13.0. The fraction of sp³-hybridized carbons (Fsp3) is 0.333. The Balaban J connectivity index is 1.55. The molecule has 3 heterocycles. The molecule has 0 aliphatic carbocycles. The summed E-state index contributed by atoms with van der Waals surface area (Å²) < 4.78 is 6.03. The fourth-order valence-corrected chi connectivity index (χ4v) is 3.51. The molecule has 1 aliphatic rings. The number of benzene rings is 1. The topological polar surface area (TPSA) is 72.1 Å². The fourth-order valence-electron chi connectivity index (χ4n) is 3.51. The highest BCUT2D eigenvalue weighted by molar-refractivity contribution is 5.92. The minimum atomic E-state index is -0.147. The van der Waals surface area contributed by atoms with Gasteiger partial charge in [-0.1, -0.05) is 30.3 Å². The van der Waals surface area contributed by atoms with Crippen LogP contribution in [0.5, 0.6) is 0 Å².